The molecular formula is C16H14N4O2S. The van der Waals surface area contributed by atoms with Crippen molar-refractivity contribution in [2.45, 2.75) is 0 Å². The molecule has 1 aromatic heterocycles. The van der Waals surface area contributed by atoms with Gasteiger partial charge >= 0.3 is 0 Å². The monoisotopic (exact) mass is 326 g/mol. The van der Waals surface area contributed by atoms with Crippen LogP contribution in [0.2, 0.25) is 0 Å². The highest BCUT2D eigenvalue weighted by atomic mass is 32.1. The molecule has 0 saturated carbocycles. The Morgan fingerprint density at radius 2 is 1.74 bits per heavy atom. The maximum Gasteiger partial charge on any atom is 0.271 e. The number of aromatic amines is 1. The van der Waals surface area contributed by atoms with E-state index in [4.69, 9.17) is 15.9 Å². The summed E-state index contributed by atoms with van der Waals surface area (Å²) in [5.74, 6) is 1.20. The lowest BCUT2D eigenvalue weighted by Gasteiger charge is -2.08. The van der Waals surface area contributed by atoms with Gasteiger partial charge in [-0.05, 0) is 47.9 Å². The van der Waals surface area contributed by atoms with Crippen LogP contribution in [0.25, 0.3) is 0 Å². The molecule has 5 N–H and O–H groups in total. The van der Waals surface area contributed by atoms with Gasteiger partial charge in [0.1, 0.15) is 27.9 Å². The number of rotatable bonds is 5. The zero-order valence-corrected chi connectivity index (χ0v) is 12.8. The summed E-state index contributed by atoms with van der Waals surface area (Å²) in [6.07, 6.45) is 0. The highest BCUT2D eigenvalue weighted by molar-refractivity contribution is 7.10. The topological polar surface area (TPSA) is 104 Å². The Bertz CT molecular complexity index is 869. The standard InChI is InChI=1S/C16H14N4O2S/c17-14(18)13-15(21)20-23-16(13)19-10-6-8-12(9-7-10)22-11-4-2-1-3-5-11/h1-9,19H,(H3,17,18)(H,20,21). The first-order valence-corrected chi connectivity index (χ1v) is 7.61. The molecule has 2 aromatic carbocycles. The van der Waals surface area contributed by atoms with Crippen molar-refractivity contribution in [3.05, 3.63) is 70.5 Å². The summed E-state index contributed by atoms with van der Waals surface area (Å²) in [7, 11) is 0. The van der Waals surface area contributed by atoms with Crippen LogP contribution in [-0.4, -0.2) is 10.2 Å². The van der Waals surface area contributed by atoms with Gasteiger partial charge in [-0.25, -0.2) is 0 Å². The lowest BCUT2D eigenvalue weighted by atomic mass is 10.2. The lowest BCUT2D eigenvalue weighted by molar-refractivity contribution is 0.483. The lowest BCUT2D eigenvalue weighted by Crippen LogP contribution is -2.20. The van der Waals surface area contributed by atoms with E-state index in [-0.39, 0.29) is 17.0 Å². The zero-order chi connectivity index (χ0) is 16.2. The Hall–Kier alpha value is -3.06. The van der Waals surface area contributed by atoms with Crippen LogP contribution in [0.3, 0.4) is 0 Å². The van der Waals surface area contributed by atoms with Crippen LogP contribution in [0.4, 0.5) is 10.7 Å². The molecule has 0 bridgehead atoms. The minimum absolute atomic E-state index is 0.152. The molecule has 116 valence electrons. The van der Waals surface area contributed by atoms with Gasteiger partial charge in [0.2, 0.25) is 0 Å². The first kappa shape index (κ1) is 14.9. The van der Waals surface area contributed by atoms with Crippen molar-refractivity contribution < 1.29 is 4.74 Å². The number of benzene rings is 2. The van der Waals surface area contributed by atoms with Crippen LogP contribution in [-0.2, 0) is 0 Å². The largest absolute Gasteiger partial charge is 0.457 e. The van der Waals surface area contributed by atoms with E-state index in [1.165, 1.54) is 0 Å². The van der Waals surface area contributed by atoms with Gasteiger partial charge in [0, 0.05) is 5.69 Å². The van der Waals surface area contributed by atoms with Crippen LogP contribution in [0.1, 0.15) is 5.56 Å². The molecule has 1 heterocycles. The smallest absolute Gasteiger partial charge is 0.271 e. The van der Waals surface area contributed by atoms with Crippen molar-refractivity contribution in [1.29, 1.82) is 5.41 Å². The van der Waals surface area contributed by atoms with Crippen LogP contribution in [0, 0.1) is 5.41 Å². The quantitative estimate of drug-likeness (QED) is 0.427. The van der Waals surface area contributed by atoms with Crippen molar-refractivity contribution in [3.63, 3.8) is 0 Å². The predicted molar refractivity (Wildman–Crippen MR) is 92.2 cm³/mol. The molecule has 0 spiro atoms. The molecule has 23 heavy (non-hydrogen) atoms. The first-order chi connectivity index (χ1) is 11.1. The van der Waals surface area contributed by atoms with Crippen LogP contribution >= 0.6 is 11.5 Å². The number of hydrogen-bond acceptors (Lipinski definition) is 5. The zero-order valence-electron chi connectivity index (χ0n) is 12.0. The Kier molecular flexibility index (Phi) is 4.11. The van der Waals surface area contributed by atoms with Crippen molar-refractivity contribution in [1.82, 2.24) is 4.37 Å². The molecule has 0 aliphatic heterocycles. The number of aromatic nitrogens is 1. The molecule has 0 radical (unpaired) electrons. The van der Waals surface area contributed by atoms with Gasteiger partial charge in [0.15, 0.2) is 0 Å². The Balaban J connectivity index is 1.76. The number of nitrogens with one attached hydrogen (secondary N) is 3. The number of anilines is 2. The van der Waals surface area contributed by atoms with Crippen molar-refractivity contribution in [3.8, 4) is 11.5 Å². The van der Waals surface area contributed by atoms with E-state index in [1.807, 2.05) is 54.6 Å². The second-order valence-electron chi connectivity index (χ2n) is 4.72. The minimum atomic E-state index is -0.367. The van der Waals surface area contributed by atoms with E-state index in [0.29, 0.717) is 10.8 Å². The van der Waals surface area contributed by atoms with Gasteiger partial charge in [0.25, 0.3) is 5.56 Å². The summed E-state index contributed by atoms with van der Waals surface area (Å²) in [5, 5.41) is 11.1. The summed E-state index contributed by atoms with van der Waals surface area (Å²) < 4.78 is 8.28. The molecule has 0 saturated heterocycles. The van der Waals surface area contributed by atoms with Gasteiger partial charge in [-0.2, -0.15) is 0 Å². The number of nitrogens with two attached hydrogens (primary N) is 1. The summed E-state index contributed by atoms with van der Waals surface area (Å²) in [5.41, 5.74) is 5.99. The first-order valence-electron chi connectivity index (χ1n) is 6.79. The minimum Gasteiger partial charge on any atom is -0.457 e. The van der Waals surface area contributed by atoms with Crippen molar-refractivity contribution in [2.75, 3.05) is 5.32 Å². The van der Waals surface area contributed by atoms with Crippen LogP contribution in [0.15, 0.2) is 59.4 Å². The highest BCUT2D eigenvalue weighted by Crippen LogP contribution is 2.26. The molecule has 6 nitrogen and oxygen atoms in total. The van der Waals surface area contributed by atoms with Gasteiger partial charge in [-0.1, -0.05) is 18.2 Å². The highest BCUT2D eigenvalue weighted by Gasteiger charge is 2.13. The number of para-hydroxylation sites is 1. The average Bonchev–Trinajstić information content (AvgIpc) is 2.91. The Morgan fingerprint density at radius 3 is 2.39 bits per heavy atom. The van der Waals surface area contributed by atoms with Gasteiger partial charge in [-0.3, -0.25) is 14.6 Å². The van der Waals surface area contributed by atoms with Gasteiger partial charge in [0.05, 0.1) is 0 Å². The molecule has 0 fully saturated rings. The maximum atomic E-state index is 11.6. The fourth-order valence-corrected chi connectivity index (χ4v) is 2.77. The van der Waals surface area contributed by atoms with E-state index in [9.17, 15) is 4.79 Å². The number of nitrogen functional groups attached to an aromatic ring is 1. The second-order valence-corrected chi connectivity index (χ2v) is 5.53. The van der Waals surface area contributed by atoms with E-state index in [0.717, 1.165) is 23.0 Å². The van der Waals surface area contributed by atoms with Crippen LogP contribution in [0.5, 0.6) is 11.5 Å². The molecule has 0 atom stereocenters. The molecule has 3 rings (SSSR count). The van der Waals surface area contributed by atoms with Gasteiger partial charge < -0.3 is 15.8 Å². The summed E-state index contributed by atoms with van der Waals surface area (Å²) in [6.45, 7) is 0. The fourth-order valence-electron chi connectivity index (χ4n) is 2.00. The number of H-pyrrole nitrogens is 1. The average molecular weight is 326 g/mol. The molecule has 0 unspecified atom stereocenters. The number of ether oxygens (including phenoxy) is 1. The fraction of sp³-hybridized carbons (Fsp3) is 0. The summed E-state index contributed by atoms with van der Waals surface area (Å²) in [6, 6.07) is 16.8. The SMILES string of the molecule is N=C(N)c1c(Nc2ccc(Oc3ccccc3)cc2)s[nH]c1=O. The second kappa shape index (κ2) is 6.37. The third-order valence-electron chi connectivity index (χ3n) is 3.06. The van der Waals surface area contributed by atoms with Gasteiger partial charge in [-0.15, -0.1) is 0 Å². The summed E-state index contributed by atoms with van der Waals surface area (Å²) >= 11 is 1.11. The Morgan fingerprint density at radius 1 is 1.09 bits per heavy atom. The predicted octanol–water partition coefficient (Wildman–Crippen LogP) is 3.26. The Labute approximate surface area is 136 Å². The number of hydrogen-bond donors (Lipinski definition) is 4. The van der Waals surface area contributed by atoms with E-state index in [2.05, 4.69) is 9.69 Å². The molecule has 7 heteroatoms. The third kappa shape index (κ3) is 3.41. The maximum absolute atomic E-state index is 11.6. The van der Waals surface area contributed by atoms with E-state index < -0.39 is 0 Å². The molecule has 3 aromatic rings. The summed E-state index contributed by atoms with van der Waals surface area (Å²) in [4.78, 5) is 11.6. The molecule has 0 aliphatic rings. The molecule has 0 amide bonds. The van der Waals surface area contributed by atoms with Crippen LogP contribution < -0.4 is 21.3 Å². The van der Waals surface area contributed by atoms with Crippen molar-refractivity contribution >= 4 is 28.1 Å². The van der Waals surface area contributed by atoms with E-state index in [1.54, 1.807) is 0 Å². The van der Waals surface area contributed by atoms with E-state index >= 15 is 0 Å². The molecule has 0 aliphatic carbocycles. The molecular weight excluding hydrogens is 312 g/mol. The number of amidine groups is 1. The normalized spacial score (nSPS) is 10.3. The van der Waals surface area contributed by atoms with Crippen molar-refractivity contribution in [2.24, 2.45) is 5.73 Å². The third-order valence-corrected chi connectivity index (χ3v) is 3.86.